The van der Waals surface area contributed by atoms with Gasteiger partial charge in [0.05, 0.1) is 5.69 Å². The molecule has 0 spiro atoms. The van der Waals surface area contributed by atoms with Crippen molar-refractivity contribution in [3.05, 3.63) is 40.0 Å². The van der Waals surface area contributed by atoms with E-state index in [1.165, 1.54) is 18.4 Å². The van der Waals surface area contributed by atoms with E-state index in [0.29, 0.717) is 12.0 Å². The van der Waals surface area contributed by atoms with Crippen molar-refractivity contribution in [2.45, 2.75) is 65.8 Å². The molecule has 2 aromatic rings. The number of hydrogen-bond donors (Lipinski definition) is 0. The molecule has 0 unspecified atom stereocenters. The van der Waals surface area contributed by atoms with Gasteiger partial charge in [0.15, 0.2) is 0 Å². The number of halogens is 1. The van der Waals surface area contributed by atoms with Gasteiger partial charge in [-0.3, -0.25) is 0 Å². The van der Waals surface area contributed by atoms with Crippen molar-refractivity contribution in [2.75, 3.05) is 22.9 Å². The van der Waals surface area contributed by atoms with Gasteiger partial charge in [-0.15, -0.1) is 0 Å². The number of aromatic nitrogens is 2. The minimum absolute atomic E-state index is 0.508. The van der Waals surface area contributed by atoms with Crippen LogP contribution in [0.1, 0.15) is 64.1 Å². The zero-order valence-corrected chi connectivity index (χ0v) is 18.8. The van der Waals surface area contributed by atoms with Crippen LogP contribution in [0.25, 0.3) is 0 Å². The molecule has 0 atom stereocenters. The molecule has 1 aliphatic rings. The summed E-state index contributed by atoms with van der Waals surface area (Å²) < 4.78 is 1.09. The van der Waals surface area contributed by atoms with Crippen molar-refractivity contribution in [1.29, 1.82) is 0 Å². The molecule has 0 amide bonds. The molecule has 1 heterocycles. The van der Waals surface area contributed by atoms with Gasteiger partial charge in [-0.05, 0) is 72.7 Å². The maximum atomic E-state index is 4.98. The van der Waals surface area contributed by atoms with Crippen molar-refractivity contribution >= 4 is 33.4 Å². The van der Waals surface area contributed by atoms with Crippen LogP contribution in [0.3, 0.4) is 0 Å². The Morgan fingerprint density at radius 2 is 1.89 bits per heavy atom. The van der Waals surface area contributed by atoms with Gasteiger partial charge in [0.2, 0.25) is 5.95 Å². The summed E-state index contributed by atoms with van der Waals surface area (Å²) in [5.74, 6) is 2.36. The van der Waals surface area contributed by atoms with Crippen LogP contribution in [-0.4, -0.2) is 29.1 Å². The number of aryl methyl sites for hydroxylation is 1. The first-order valence-electron chi connectivity index (χ1n) is 10.1. The Morgan fingerprint density at radius 1 is 1.15 bits per heavy atom. The highest BCUT2D eigenvalue weighted by atomic mass is 79.9. The smallest absolute Gasteiger partial charge is 0.232 e. The molecule has 1 aromatic carbocycles. The molecule has 0 N–H and O–H groups in total. The molecule has 5 heteroatoms. The fourth-order valence-electron chi connectivity index (χ4n) is 3.44. The second-order valence-corrected chi connectivity index (χ2v) is 8.56. The summed E-state index contributed by atoms with van der Waals surface area (Å²) in [6, 6.07) is 9.38. The summed E-state index contributed by atoms with van der Waals surface area (Å²) >= 11 is 3.77. The molecule has 27 heavy (non-hydrogen) atoms. The molecule has 1 aliphatic carbocycles. The number of anilines is 3. The molecule has 1 fully saturated rings. The number of benzene rings is 1. The molecular weight excluding hydrogens is 400 g/mol. The van der Waals surface area contributed by atoms with E-state index in [1.54, 1.807) is 0 Å². The summed E-state index contributed by atoms with van der Waals surface area (Å²) in [5, 5.41) is 0. The van der Waals surface area contributed by atoms with Gasteiger partial charge in [-0.2, -0.15) is 4.98 Å². The second kappa shape index (κ2) is 8.59. The molecular formula is C22H31BrN4. The van der Waals surface area contributed by atoms with Crippen LogP contribution in [0, 0.1) is 6.92 Å². The molecule has 1 saturated carbocycles. The van der Waals surface area contributed by atoms with Gasteiger partial charge in [0.25, 0.3) is 0 Å². The lowest BCUT2D eigenvalue weighted by Crippen LogP contribution is -2.29. The fourth-order valence-corrected chi connectivity index (χ4v) is 4.05. The summed E-state index contributed by atoms with van der Waals surface area (Å²) in [6.45, 7) is 12.8. The largest absolute Gasteiger partial charge is 0.353 e. The van der Waals surface area contributed by atoms with Gasteiger partial charge in [0, 0.05) is 35.4 Å². The van der Waals surface area contributed by atoms with E-state index in [1.807, 2.05) is 0 Å². The minimum Gasteiger partial charge on any atom is -0.353 e. The lowest BCUT2D eigenvalue weighted by Gasteiger charge is -2.27. The fraction of sp³-hybridized carbons (Fsp3) is 0.545. The van der Waals surface area contributed by atoms with Crippen LogP contribution >= 0.6 is 15.9 Å². The molecule has 1 aromatic heterocycles. The highest BCUT2D eigenvalue weighted by Gasteiger charge is 2.30. The monoisotopic (exact) mass is 430 g/mol. The van der Waals surface area contributed by atoms with E-state index in [-0.39, 0.29) is 0 Å². The highest BCUT2D eigenvalue weighted by molar-refractivity contribution is 9.10. The van der Waals surface area contributed by atoms with Crippen LogP contribution in [-0.2, 0) is 0 Å². The van der Waals surface area contributed by atoms with E-state index in [4.69, 9.17) is 9.97 Å². The Kier molecular flexibility index (Phi) is 6.40. The quantitative estimate of drug-likeness (QED) is 0.498. The minimum atomic E-state index is 0.508. The van der Waals surface area contributed by atoms with Crippen LogP contribution in [0.5, 0.6) is 0 Å². The van der Waals surface area contributed by atoms with Crippen LogP contribution in [0.4, 0.5) is 17.5 Å². The average molecular weight is 431 g/mol. The number of nitrogens with zero attached hydrogens (tertiary/aromatic N) is 4. The Hall–Kier alpha value is -1.62. The van der Waals surface area contributed by atoms with E-state index >= 15 is 0 Å². The SMILES string of the molecule is CCCN(c1cc(C)nc(N(CC)c2ccc(C(C)C)cc2Br)n1)C1CC1. The van der Waals surface area contributed by atoms with Gasteiger partial charge in [-0.25, -0.2) is 4.98 Å². The Morgan fingerprint density at radius 3 is 2.44 bits per heavy atom. The second-order valence-electron chi connectivity index (χ2n) is 7.70. The van der Waals surface area contributed by atoms with E-state index in [2.05, 4.69) is 84.6 Å². The molecule has 0 bridgehead atoms. The lowest BCUT2D eigenvalue weighted by molar-refractivity contribution is 0.745. The third-order valence-electron chi connectivity index (χ3n) is 5.06. The zero-order valence-electron chi connectivity index (χ0n) is 17.2. The first-order valence-corrected chi connectivity index (χ1v) is 10.9. The van der Waals surface area contributed by atoms with Crippen LogP contribution in [0.15, 0.2) is 28.7 Å². The normalized spacial score (nSPS) is 13.9. The van der Waals surface area contributed by atoms with Gasteiger partial charge < -0.3 is 9.80 Å². The first-order chi connectivity index (χ1) is 12.9. The van der Waals surface area contributed by atoms with E-state index in [9.17, 15) is 0 Å². The first kappa shape index (κ1) is 20.1. The maximum Gasteiger partial charge on any atom is 0.232 e. The van der Waals surface area contributed by atoms with E-state index in [0.717, 1.165) is 47.1 Å². The average Bonchev–Trinajstić information content (AvgIpc) is 3.46. The summed E-state index contributed by atoms with van der Waals surface area (Å²) in [7, 11) is 0. The summed E-state index contributed by atoms with van der Waals surface area (Å²) in [4.78, 5) is 14.4. The maximum absolute atomic E-state index is 4.98. The number of hydrogen-bond acceptors (Lipinski definition) is 4. The molecule has 0 saturated heterocycles. The topological polar surface area (TPSA) is 32.3 Å². The third kappa shape index (κ3) is 4.63. The standard InChI is InChI=1S/C22H31BrN4/c1-6-12-27(18-9-10-18)21-13-16(5)24-22(25-21)26(7-2)20-11-8-17(15(3)4)14-19(20)23/h8,11,13-15,18H,6-7,9-10,12H2,1-5H3. The zero-order chi connectivity index (χ0) is 19.6. The number of rotatable bonds is 8. The predicted molar refractivity (Wildman–Crippen MR) is 118 cm³/mol. The molecule has 3 rings (SSSR count). The predicted octanol–water partition coefficient (Wildman–Crippen LogP) is 6.21. The molecule has 0 aliphatic heterocycles. The van der Waals surface area contributed by atoms with Gasteiger partial charge in [0.1, 0.15) is 5.82 Å². The molecule has 0 radical (unpaired) electrons. The third-order valence-corrected chi connectivity index (χ3v) is 5.70. The van der Waals surface area contributed by atoms with Gasteiger partial charge in [-0.1, -0.05) is 26.8 Å². The van der Waals surface area contributed by atoms with Crippen LogP contribution in [0.2, 0.25) is 0 Å². The summed E-state index contributed by atoms with van der Waals surface area (Å²) in [6.07, 6.45) is 3.69. The Balaban J connectivity index is 1.98. The van der Waals surface area contributed by atoms with Crippen LogP contribution < -0.4 is 9.80 Å². The van der Waals surface area contributed by atoms with Crippen molar-refractivity contribution in [3.8, 4) is 0 Å². The van der Waals surface area contributed by atoms with Crippen molar-refractivity contribution in [2.24, 2.45) is 0 Å². The van der Waals surface area contributed by atoms with Gasteiger partial charge >= 0.3 is 0 Å². The molecule has 4 nitrogen and oxygen atoms in total. The lowest BCUT2D eigenvalue weighted by atomic mass is 10.0. The molecule has 146 valence electrons. The van der Waals surface area contributed by atoms with Crippen molar-refractivity contribution in [3.63, 3.8) is 0 Å². The van der Waals surface area contributed by atoms with Crippen molar-refractivity contribution in [1.82, 2.24) is 9.97 Å². The Bertz CT molecular complexity index is 786. The summed E-state index contributed by atoms with van der Waals surface area (Å²) in [5.41, 5.74) is 3.47. The van der Waals surface area contributed by atoms with Crippen molar-refractivity contribution < 1.29 is 0 Å². The van der Waals surface area contributed by atoms with E-state index < -0.39 is 0 Å². The highest BCUT2D eigenvalue weighted by Crippen LogP contribution is 2.35. The Labute approximate surface area is 172 Å².